The van der Waals surface area contributed by atoms with Gasteiger partial charge in [-0.1, -0.05) is 23.5 Å². The van der Waals surface area contributed by atoms with Crippen LogP contribution in [0.2, 0.25) is 0 Å². The van der Waals surface area contributed by atoms with Crippen LogP contribution in [-0.2, 0) is 4.74 Å². The topological polar surface area (TPSA) is 76.9 Å². The summed E-state index contributed by atoms with van der Waals surface area (Å²) in [7, 11) is 3.32. The molecule has 2 N–H and O–H groups in total. The molecule has 1 aliphatic rings. The summed E-state index contributed by atoms with van der Waals surface area (Å²) >= 11 is 1.42. The highest BCUT2D eigenvalue weighted by Gasteiger charge is 2.27. The molecule has 7 nitrogen and oxygen atoms in total. The standard InChI is InChI=1S/C20H24N4O3S/c1-12-17(19(25)22-14-7-8-14)28-20-23-16(13-5-4-6-15(11-13)27-3)18(24(12)20)21-9-10-26-2/h4-6,11,14,21H,7-10H2,1-3H3,(H,22,25). The molecule has 1 amide bonds. The molecule has 0 bridgehead atoms. The maximum absolute atomic E-state index is 12.6. The number of benzene rings is 1. The Hall–Kier alpha value is -2.58. The molecule has 0 saturated heterocycles. The van der Waals surface area contributed by atoms with Gasteiger partial charge in [0.1, 0.15) is 22.1 Å². The third-order valence-electron chi connectivity index (χ3n) is 4.76. The molecular formula is C20H24N4O3S. The van der Waals surface area contributed by atoms with E-state index in [1.807, 2.05) is 35.6 Å². The first kappa shape index (κ1) is 18.8. The third kappa shape index (κ3) is 3.57. The van der Waals surface area contributed by atoms with Crippen LogP contribution < -0.4 is 15.4 Å². The van der Waals surface area contributed by atoms with Crippen molar-refractivity contribution in [3.8, 4) is 17.0 Å². The van der Waals surface area contributed by atoms with Gasteiger partial charge < -0.3 is 20.1 Å². The van der Waals surface area contributed by atoms with E-state index >= 15 is 0 Å². The number of aromatic nitrogens is 2. The highest BCUT2D eigenvalue weighted by Crippen LogP contribution is 2.36. The van der Waals surface area contributed by atoms with Gasteiger partial charge in [0.05, 0.1) is 13.7 Å². The van der Waals surface area contributed by atoms with Crippen LogP contribution in [0, 0.1) is 6.92 Å². The Bertz CT molecular complexity index is 1010. The largest absolute Gasteiger partial charge is 0.497 e. The molecule has 8 heteroatoms. The SMILES string of the molecule is COCCNc1c(-c2cccc(OC)c2)nc2sc(C(=O)NC3CC3)c(C)n12. The number of anilines is 1. The average Bonchev–Trinajstić information content (AvgIpc) is 3.35. The first-order valence-corrected chi connectivity index (χ1v) is 10.1. The molecule has 1 saturated carbocycles. The molecule has 0 spiro atoms. The molecule has 4 rings (SSSR count). The number of ether oxygens (including phenoxy) is 2. The summed E-state index contributed by atoms with van der Waals surface area (Å²) in [6.45, 7) is 3.17. The van der Waals surface area contributed by atoms with E-state index in [-0.39, 0.29) is 5.91 Å². The van der Waals surface area contributed by atoms with Crippen molar-refractivity contribution < 1.29 is 14.3 Å². The molecule has 28 heavy (non-hydrogen) atoms. The van der Waals surface area contributed by atoms with E-state index in [0.29, 0.717) is 24.1 Å². The van der Waals surface area contributed by atoms with Crippen LogP contribution in [0.1, 0.15) is 28.2 Å². The van der Waals surface area contributed by atoms with Crippen molar-refractivity contribution in [1.82, 2.24) is 14.7 Å². The van der Waals surface area contributed by atoms with Crippen molar-refractivity contribution >= 4 is 28.0 Å². The van der Waals surface area contributed by atoms with Gasteiger partial charge in [0.25, 0.3) is 5.91 Å². The van der Waals surface area contributed by atoms with E-state index in [1.165, 1.54) is 11.3 Å². The van der Waals surface area contributed by atoms with Crippen molar-refractivity contribution in [1.29, 1.82) is 0 Å². The number of hydrogen-bond donors (Lipinski definition) is 2. The minimum atomic E-state index is -0.0127. The number of nitrogens with one attached hydrogen (secondary N) is 2. The first-order valence-electron chi connectivity index (χ1n) is 9.32. The van der Waals surface area contributed by atoms with Gasteiger partial charge in [-0.2, -0.15) is 0 Å². The fraction of sp³-hybridized carbons (Fsp3) is 0.400. The Morgan fingerprint density at radius 3 is 2.89 bits per heavy atom. The van der Waals surface area contributed by atoms with Gasteiger partial charge in [-0.25, -0.2) is 4.98 Å². The van der Waals surface area contributed by atoms with Gasteiger partial charge in [0, 0.05) is 31.0 Å². The fourth-order valence-corrected chi connectivity index (χ4v) is 4.17. The molecule has 2 aromatic heterocycles. The first-order chi connectivity index (χ1) is 13.6. The van der Waals surface area contributed by atoms with E-state index in [4.69, 9.17) is 14.5 Å². The number of aryl methyl sites for hydroxylation is 1. The molecule has 0 atom stereocenters. The van der Waals surface area contributed by atoms with Gasteiger partial charge in [0.15, 0.2) is 4.96 Å². The maximum atomic E-state index is 12.6. The monoisotopic (exact) mass is 400 g/mol. The Morgan fingerprint density at radius 2 is 2.18 bits per heavy atom. The van der Waals surface area contributed by atoms with Gasteiger partial charge in [-0.3, -0.25) is 9.20 Å². The van der Waals surface area contributed by atoms with Crippen LogP contribution in [0.25, 0.3) is 16.2 Å². The minimum Gasteiger partial charge on any atom is -0.497 e. The van der Waals surface area contributed by atoms with Crippen LogP contribution in [-0.4, -0.2) is 48.7 Å². The number of rotatable bonds is 8. The Labute approximate surface area is 167 Å². The predicted octanol–water partition coefficient (Wildman–Crippen LogP) is 3.33. The Morgan fingerprint density at radius 1 is 1.36 bits per heavy atom. The summed E-state index contributed by atoms with van der Waals surface area (Å²) in [4.78, 5) is 18.9. The van der Waals surface area contributed by atoms with Crippen molar-refractivity contribution in [2.45, 2.75) is 25.8 Å². The van der Waals surface area contributed by atoms with Crippen LogP contribution >= 0.6 is 11.3 Å². The highest BCUT2D eigenvalue weighted by atomic mass is 32.1. The molecule has 3 aromatic rings. The molecule has 1 aliphatic carbocycles. The lowest BCUT2D eigenvalue weighted by molar-refractivity contribution is 0.0954. The number of fused-ring (bicyclic) bond motifs is 1. The summed E-state index contributed by atoms with van der Waals surface area (Å²) in [5, 5.41) is 6.50. The number of thiazole rings is 1. The number of methoxy groups -OCH3 is 2. The summed E-state index contributed by atoms with van der Waals surface area (Å²) in [6.07, 6.45) is 2.13. The Kier molecular flexibility index (Phi) is 5.23. The van der Waals surface area contributed by atoms with Crippen molar-refractivity contribution in [2.75, 3.05) is 32.7 Å². The second-order valence-electron chi connectivity index (χ2n) is 6.84. The number of carbonyl (C=O) groups excluding carboxylic acids is 1. The predicted molar refractivity (Wildman–Crippen MR) is 111 cm³/mol. The zero-order chi connectivity index (χ0) is 19.7. The quantitative estimate of drug-likeness (QED) is 0.567. The number of imidazole rings is 1. The van der Waals surface area contributed by atoms with Crippen molar-refractivity contribution in [3.05, 3.63) is 34.8 Å². The molecule has 0 aliphatic heterocycles. The Balaban J connectivity index is 1.78. The molecule has 1 aromatic carbocycles. The number of carbonyl (C=O) groups is 1. The van der Waals surface area contributed by atoms with Gasteiger partial charge in [-0.05, 0) is 31.9 Å². The lowest BCUT2D eigenvalue weighted by Crippen LogP contribution is -2.25. The van der Waals surface area contributed by atoms with Gasteiger partial charge in [-0.15, -0.1) is 0 Å². The normalized spacial score (nSPS) is 13.7. The maximum Gasteiger partial charge on any atom is 0.263 e. The highest BCUT2D eigenvalue weighted by molar-refractivity contribution is 7.19. The van der Waals surface area contributed by atoms with Crippen LogP contribution in [0.4, 0.5) is 5.82 Å². The van der Waals surface area contributed by atoms with E-state index < -0.39 is 0 Å². The third-order valence-corrected chi connectivity index (χ3v) is 5.91. The number of nitrogens with zero attached hydrogens (tertiary/aromatic N) is 2. The van der Waals surface area contributed by atoms with Crippen molar-refractivity contribution in [3.63, 3.8) is 0 Å². The zero-order valence-electron chi connectivity index (χ0n) is 16.2. The second kappa shape index (κ2) is 7.81. The zero-order valence-corrected chi connectivity index (χ0v) is 17.1. The number of amides is 1. The van der Waals surface area contributed by atoms with E-state index in [2.05, 4.69) is 10.6 Å². The minimum absolute atomic E-state index is 0.0127. The molecule has 2 heterocycles. The summed E-state index contributed by atoms with van der Waals surface area (Å²) < 4.78 is 12.6. The summed E-state index contributed by atoms with van der Waals surface area (Å²) in [5.41, 5.74) is 2.68. The summed E-state index contributed by atoms with van der Waals surface area (Å²) in [6, 6.07) is 8.15. The van der Waals surface area contributed by atoms with E-state index in [9.17, 15) is 4.79 Å². The summed E-state index contributed by atoms with van der Waals surface area (Å²) in [5.74, 6) is 1.62. The van der Waals surface area contributed by atoms with Crippen LogP contribution in [0.3, 0.4) is 0 Å². The van der Waals surface area contributed by atoms with Crippen LogP contribution in [0.5, 0.6) is 5.75 Å². The van der Waals surface area contributed by atoms with E-state index in [0.717, 1.165) is 46.3 Å². The smallest absolute Gasteiger partial charge is 0.263 e. The average molecular weight is 401 g/mol. The van der Waals surface area contributed by atoms with Gasteiger partial charge in [0.2, 0.25) is 0 Å². The van der Waals surface area contributed by atoms with Gasteiger partial charge >= 0.3 is 0 Å². The van der Waals surface area contributed by atoms with Crippen LogP contribution in [0.15, 0.2) is 24.3 Å². The molecule has 148 valence electrons. The molecular weight excluding hydrogens is 376 g/mol. The molecule has 0 radical (unpaired) electrons. The number of hydrogen-bond acceptors (Lipinski definition) is 6. The lowest BCUT2D eigenvalue weighted by atomic mass is 10.1. The van der Waals surface area contributed by atoms with E-state index in [1.54, 1.807) is 14.2 Å². The molecule has 1 fully saturated rings. The fourth-order valence-electron chi connectivity index (χ4n) is 3.14. The second-order valence-corrected chi connectivity index (χ2v) is 7.82. The molecule has 0 unspecified atom stereocenters. The van der Waals surface area contributed by atoms with Crippen molar-refractivity contribution in [2.24, 2.45) is 0 Å². The lowest BCUT2D eigenvalue weighted by Gasteiger charge is -2.10.